The lowest BCUT2D eigenvalue weighted by atomic mass is 10.1. The van der Waals surface area contributed by atoms with Crippen LogP contribution in [0.25, 0.3) is 17.0 Å². The zero-order valence-corrected chi connectivity index (χ0v) is 19.4. The summed E-state index contributed by atoms with van der Waals surface area (Å²) < 4.78 is 26.0. The van der Waals surface area contributed by atoms with Crippen LogP contribution in [0.2, 0.25) is 0 Å². The Labute approximate surface area is 194 Å². The van der Waals surface area contributed by atoms with E-state index in [0.29, 0.717) is 19.5 Å². The van der Waals surface area contributed by atoms with Crippen LogP contribution in [0, 0.1) is 0 Å². The van der Waals surface area contributed by atoms with Gasteiger partial charge in [0.15, 0.2) is 0 Å². The highest BCUT2D eigenvalue weighted by atomic mass is 32.2. The Morgan fingerprint density at radius 1 is 1.12 bits per heavy atom. The Bertz CT molecular complexity index is 1190. The van der Waals surface area contributed by atoms with Crippen molar-refractivity contribution >= 4 is 32.9 Å². The molecule has 1 amide bonds. The molecule has 0 unspecified atom stereocenters. The molecular formula is C24H30N4O4S. The standard InChI is InChI=1S/C24H30N4O4S/c1-25-33(31,32)16-4-14-28(15-13-21-17-26-23-6-3-2-5-22(21)23)18-20-9-7-19(8-10-20)11-12-24(29)27-30/h2-3,5-12,17,25-26,30H,4,13-16,18H2,1H3,(H,27,29). The van der Waals surface area contributed by atoms with Gasteiger partial charge in [-0.2, -0.15) is 0 Å². The minimum absolute atomic E-state index is 0.0870. The third-order valence-corrected chi connectivity index (χ3v) is 6.94. The summed E-state index contributed by atoms with van der Waals surface area (Å²) in [4.78, 5) is 16.7. The van der Waals surface area contributed by atoms with E-state index < -0.39 is 15.9 Å². The van der Waals surface area contributed by atoms with Gasteiger partial charge in [-0.15, -0.1) is 0 Å². The maximum Gasteiger partial charge on any atom is 0.267 e. The van der Waals surface area contributed by atoms with E-state index in [1.165, 1.54) is 24.1 Å². The number of amides is 1. The monoisotopic (exact) mass is 470 g/mol. The fourth-order valence-electron chi connectivity index (χ4n) is 3.67. The predicted molar refractivity (Wildman–Crippen MR) is 130 cm³/mol. The molecule has 0 atom stereocenters. The summed E-state index contributed by atoms with van der Waals surface area (Å²) >= 11 is 0. The molecule has 9 heteroatoms. The molecule has 0 saturated heterocycles. The smallest absolute Gasteiger partial charge is 0.267 e. The van der Waals surface area contributed by atoms with Crippen LogP contribution in [0.15, 0.2) is 60.8 Å². The Morgan fingerprint density at radius 3 is 2.61 bits per heavy atom. The number of sulfonamides is 1. The molecule has 0 bridgehead atoms. The number of benzene rings is 2. The molecule has 0 fully saturated rings. The van der Waals surface area contributed by atoms with Crippen LogP contribution in [-0.4, -0.2) is 55.3 Å². The van der Waals surface area contributed by atoms with E-state index in [-0.39, 0.29) is 5.75 Å². The number of H-pyrrole nitrogens is 1. The molecule has 0 spiro atoms. The maximum atomic E-state index is 11.8. The molecule has 33 heavy (non-hydrogen) atoms. The predicted octanol–water partition coefficient (Wildman–Crippen LogP) is 2.67. The molecule has 3 aromatic rings. The van der Waals surface area contributed by atoms with E-state index in [1.54, 1.807) is 11.6 Å². The molecule has 0 aliphatic carbocycles. The summed E-state index contributed by atoms with van der Waals surface area (Å²) in [5, 5.41) is 9.78. The summed E-state index contributed by atoms with van der Waals surface area (Å²) in [6.45, 7) is 2.13. The fraction of sp³-hybridized carbons (Fsp3) is 0.292. The Balaban J connectivity index is 1.66. The topological polar surface area (TPSA) is 115 Å². The molecule has 0 saturated carbocycles. The van der Waals surface area contributed by atoms with Crippen molar-refractivity contribution in [3.8, 4) is 0 Å². The van der Waals surface area contributed by atoms with E-state index in [4.69, 9.17) is 5.21 Å². The van der Waals surface area contributed by atoms with Crippen molar-refractivity contribution in [3.63, 3.8) is 0 Å². The summed E-state index contributed by atoms with van der Waals surface area (Å²) in [6.07, 6.45) is 6.30. The number of carbonyl (C=O) groups is 1. The molecule has 8 nitrogen and oxygen atoms in total. The first-order valence-corrected chi connectivity index (χ1v) is 12.4. The van der Waals surface area contributed by atoms with Gasteiger partial charge in [0.05, 0.1) is 5.75 Å². The quantitative estimate of drug-likeness (QED) is 0.185. The van der Waals surface area contributed by atoms with Gasteiger partial charge in [-0.05, 0) is 55.3 Å². The van der Waals surface area contributed by atoms with E-state index >= 15 is 0 Å². The Hall–Kier alpha value is -2.98. The summed E-state index contributed by atoms with van der Waals surface area (Å²) in [5.41, 5.74) is 5.84. The van der Waals surface area contributed by atoms with Gasteiger partial charge in [0.25, 0.3) is 5.91 Å². The zero-order valence-electron chi connectivity index (χ0n) is 18.6. The van der Waals surface area contributed by atoms with Crippen LogP contribution < -0.4 is 10.2 Å². The van der Waals surface area contributed by atoms with Crippen LogP contribution in [0.1, 0.15) is 23.1 Å². The molecule has 4 N–H and O–H groups in total. The van der Waals surface area contributed by atoms with E-state index in [0.717, 1.165) is 29.6 Å². The average molecular weight is 471 g/mol. The van der Waals surface area contributed by atoms with E-state index in [2.05, 4.69) is 26.7 Å². The second kappa shape index (κ2) is 11.8. The van der Waals surface area contributed by atoms with Crippen molar-refractivity contribution in [2.24, 2.45) is 0 Å². The molecule has 2 aromatic carbocycles. The molecular weight excluding hydrogens is 440 g/mol. The zero-order chi connectivity index (χ0) is 23.7. The van der Waals surface area contributed by atoms with Gasteiger partial charge >= 0.3 is 0 Å². The number of para-hydroxylation sites is 1. The third-order valence-electron chi connectivity index (χ3n) is 5.49. The van der Waals surface area contributed by atoms with Crippen LogP contribution in [0.4, 0.5) is 0 Å². The maximum absolute atomic E-state index is 11.8. The van der Waals surface area contributed by atoms with Gasteiger partial charge < -0.3 is 4.98 Å². The van der Waals surface area contributed by atoms with Crippen LogP contribution in [0.3, 0.4) is 0 Å². The van der Waals surface area contributed by atoms with Gasteiger partial charge in [0.1, 0.15) is 0 Å². The van der Waals surface area contributed by atoms with Crippen molar-refractivity contribution in [1.29, 1.82) is 0 Å². The number of hydrogen-bond acceptors (Lipinski definition) is 5. The van der Waals surface area contributed by atoms with E-state index in [1.807, 2.05) is 42.6 Å². The normalized spacial score (nSPS) is 12.1. The highest BCUT2D eigenvalue weighted by Gasteiger charge is 2.12. The number of fused-ring (bicyclic) bond motifs is 1. The number of hydrogen-bond donors (Lipinski definition) is 4. The molecule has 176 valence electrons. The van der Waals surface area contributed by atoms with Crippen LogP contribution in [-0.2, 0) is 27.8 Å². The fourth-order valence-corrected chi connectivity index (χ4v) is 4.38. The Kier molecular flexibility index (Phi) is 8.79. The minimum Gasteiger partial charge on any atom is -0.361 e. The van der Waals surface area contributed by atoms with Crippen LogP contribution >= 0.6 is 0 Å². The summed E-state index contributed by atoms with van der Waals surface area (Å²) in [6, 6.07) is 16.0. The van der Waals surface area contributed by atoms with Crippen molar-refractivity contribution in [2.45, 2.75) is 19.4 Å². The van der Waals surface area contributed by atoms with Crippen LogP contribution in [0.5, 0.6) is 0 Å². The number of hydroxylamine groups is 1. The second-order valence-electron chi connectivity index (χ2n) is 7.81. The van der Waals surface area contributed by atoms with Crippen molar-refractivity contribution < 1.29 is 18.4 Å². The SMILES string of the molecule is CNS(=O)(=O)CCCN(CCc1c[nH]c2ccccc12)Cc1ccc(C=CC(=O)NO)cc1. The summed E-state index contributed by atoms with van der Waals surface area (Å²) in [7, 11) is -1.80. The lowest BCUT2D eigenvalue weighted by Gasteiger charge is -2.22. The highest BCUT2D eigenvalue weighted by molar-refractivity contribution is 7.89. The second-order valence-corrected chi connectivity index (χ2v) is 9.86. The number of nitrogens with one attached hydrogen (secondary N) is 3. The summed E-state index contributed by atoms with van der Waals surface area (Å²) in [5.74, 6) is -0.497. The molecule has 0 radical (unpaired) electrons. The van der Waals surface area contributed by atoms with Gasteiger partial charge in [-0.1, -0.05) is 42.5 Å². The van der Waals surface area contributed by atoms with Crippen molar-refractivity contribution in [2.75, 3.05) is 25.9 Å². The molecule has 3 rings (SSSR count). The highest BCUT2D eigenvalue weighted by Crippen LogP contribution is 2.19. The molecule has 0 aliphatic heterocycles. The lowest BCUT2D eigenvalue weighted by Crippen LogP contribution is -2.30. The number of aromatic nitrogens is 1. The number of carbonyl (C=O) groups excluding carboxylic acids is 1. The number of aromatic amines is 1. The van der Waals surface area contributed by atoms with Gasteiger partial charge in [0, 0.05) is 36.3 Å². The average Bonchev–Trinajstić information content (AvgIpc) is 3.24. The van der Waals surface area contributed by atoms with Crippen molar-refractivity contribution in [1.82, 2.24) is 20.1 Å². The molecule has 1 heterocycles. The third kappa shape index (κ3) is 7.54. The Morgan fingerprint density at radius 2 is 1.88 bits per heavy atom. The first-order chi connectivity index (χ1) is 15.9. The molecule has 0 aliphatic rings. The van der Waals surface area contributed by atoms with Crippen molar-refractivity contribution in [3.05, 3.63) is 77.5 Å². The first-order valence-electron chi connectivity index (χ1n) is 10.8. The van der Waals surface area contributed by atoms with E-state index in [9.17, 15) is 13.2 Å². The minimum atomic E-state index is -3.24. The largest absolute Gasteiger partial charge is 0.361 e. The van der Waals surface area contributed by atoms with Gasteiger partial charge in [-0.25, -0.2) is 18.6 Å². The van der Waals surface area contributed by atoms with Gasteiger partial charge in [-0.3, -0.25) is 14.9 Å². The lowest BCUT2D eigenvalue weighted by molar-refractivity contribution is -0.124. The molecule has 1 aromatic heterocycles. The number of nitrogens with zero attached hydrogens (tertiary/aromatic N) is 1. The van der Waals surface area contributed by atoms with Gasteiger partial charge in [0.2, 0.25) is 10.0 Å². The first kappa shape index (κ1) is 24.7. The number of rotatable bonds is 12.